The molecule has 0 aromatic heterocycles. The van der Waals surface area contributed by atoms with Crippen molar-refractivity contribution >= 4 is 11.6 Å². The van der Waals surface area contributed by atoms with E-state index < -0.39 is 29.6 Å². The second-order valence-electron chi connectivity index (χ2n) is 10.1. The van der Waals surface area contributed by atoms with E-state index in [-0.39, 0.29) is 41.3 Å². The van der Waals surface area contributed by atoms with Crippen LogP contribution in [0.4, 0.5) is 4.39 Å². The van der Waals surface area contributed by atoms with Crippen LogP contribution in [0.3, 0.4) is 0 Å². The molecule has 3 saturated carbocycles. The molecule has 0 unspecified atom stereocenters. The zero-order valence-corrected chi connectivity index (χ0v) is 16.5. The number of rotatable bonds is 2. The fourth-order valence-corrected chi connectivity index (χ4v) is 7.69. The summed E-state index contributed by atoms with van der Waals surface area (Å²) in [6.45, 7) is 5.04. The lowest BCUT2D eigenvalue weighted by Crippen LogP contribution is -2.62. The molecule has 0 heterocycles. The Bertz CT molecular complexity index is 717. The first-order valence-electron chi connectivity index (χ1n) is 10.3. The minimum absolute atomic E-state index is 0.0222. The maximum atomic E-state index is 13.2. The van der Waals surface area contributed by atoms with E-state index in [2.05, 4.69) is 13.8 Å². The van der Waals surface area contributed by atoms with Gasteiger partial charge in [0.15, 0.2) is 18.2 Å². The van der Waals surface area contributed by atoms with Crippen molar-refractivity contribution in [1.29, 1.82) is 0 Å². The Balaban J connectivity index is 1.77. The van der Waals surface area contributed by atoms with Gasteiger partial charge in [0, 0.05) is 11.8 Å². The Hall–Kier alpha value is -1.07. The van der Waals surface area contributed by atoms with E-state index in [4.69, 9.17) is 0 Å². The Morgan fingerprint density at radius 3 is 2.70 bits per heavy atom. The molecule has 0 saturated heterocycles. The van der Waals surface area contributed by atoms with E-state index in [1.165, 1.54) is 0 Å². The van der Waals surface area contributed by atoms with Crippen molar-refractivity contribution in [3.05, 3.63) is 11.6 Å². The molecule has 0 aromatic carbocycles. The first-order chi connectivity index (χ1) is 12.6. The minimum Gasteiger partial charge on any atom is -0.393 e. The molecule has 8 atom stereocenters. The molecule has 27 heavy (non-hydrogen) atoms. The lowest BCUT2D eigenvalue weighted by Gasteiger charge is -2.61. The molecule has 4 aliphatic rings. The van der Waals surface area contributed by atoms with Gasteiger partial charge in [0.25, 0.3) is 0 Å². The second kappa shape index (κ2) is 5.96. The number of halogens is 1. The van der Waals surface area contributed by atoms with Crippen LogP contribution in [-0.4, -0.2) is 40.2 Å². The van der Waals surface area contributed by atoms with E-state index in [0.717, 1.165) is 18.4 Å². The summed E-state index contributed by atoms with van der Waals surface area (Å²) >= 11 is 0. The van der Waals surface area contributed by atoms with Gasteiger partial charge in [0.1, 0.15) is 5.60 Å². The normalized spacial score (nSPS) is 51.9. The van der Waals surface area contributed by atoms with E-state index in [1.807, 2.05) is 13.0 Å². The van der Waals surface area contributed by atoms with Gasteiger partial charge in [0.05, 0.1) is 6.10 Å². The molecule has 4 nitrogen and oxygen atoms in total. The number of ketones is 2. The predicted molar refractivity (Wildman–Crippen MR) is 98.6 cm³/mol. The maximum Gasteiger partial charge on any atom is 0.195 e. The predicted octanol–water partition coefficient (Wildman–Crippen LogP) is 3.00. The molecule has 4 aliphatic carbocycles. The molecular weight excluding hydrogens is 347 g/mol. The lowest BCUT2D eigenvalue weighted by molar-refractivity contribution is -0.183. The van der Waals surface area contributed by atoms with Crippen molar-refractivity contribution in [2.24, 2.45) is 34.5 Å². The highest BCUT2D eigenvalue weighted by molar-refractivity contribution is 5.92. The summed E-state index contributed by atoms with van der Waals surface area (Å²) in [6, 6.07) is 0. The average molecular weight is 378 g/mol. The van der Waals surface area contributed by atoms with Gasteiger partial charge >= 0.3 is 0 Å². The topological polar surface area (TPSA) is 74.6 Å². The molecule has 0 radical (unpaired) electrons. The standard InChI is InChI=1S/C22H31FO4/c1-12-8-14-15-5-7-22(27,18(26)11-23)21(15,3)10-17(25)19(14)20(2)6-4-13(24)9-16(12)20/h9,12,14-15,17,19,25,27H,4-8,10-11H2,1-3H3/t12-,14-,15+,17+,19+,20+,21+,22-/m0/s1. The first-order valence-corrected chi connectivity index (χ1v) is 10.3. The molecule has 0 amide bonds. The summed E-state index contributed by atoms with van der Waals surface area (Å²) in [6.07, 6.45) is 4.52. The van der Waals surface area contributed by atoms with Crippen LogP contribution >= 0.6 is 0 Å². The molecular formula is C22H31FO4. The average Bonchev–Trinajstić information content (AvgIpc) is 2.87. The van der Waals surface area contributed by atoms with E-state index in [0.29, 0.717) is 19.3 Å². The fraction of sp³-hybridized carbons (Fsp3) is 0.818. The quantitative estimate of drug-likeness (QED) is 0.775. The van der Waals surface area contributed by atoms with Crippen LogP contribution in [-0.2, 0) is 9.59 Å². The first kappa shape index (κ1) is 19.3. The number of aliphatic hydroxyl groups excluding tert-OH is 1. The summed E-state index contributed by atoms with van der Waals surface area (Å²) in [7, 11) is 0. The Kier molecular flexibility index (Phi) is 4.25. The molecule has 5 heteroatoms. The van der Waals surface area contributed by atoms with Crippen molar-refractivity contribution in [3.8, 4) is 0 Å². The van der Waals surface area contributed by atoms with E-state index >= 15 is 0 Å². The van der Waals surface area contributed by atoms with Crippen molar-refractivity contribution in [2.75, 3.05) is 6.67 Å². The van der Waals surface area contributed by atoms with Crippen LogP contribution in [0.15, 0.2) is 11.6 Å². The van der Waals surface area contributed by atoms with Gasteiger partial charge in [0.2, 0.25) is 0 Å². The van der Waals surface area contributed by atoms with Gasteiger partial charge < -0.3 is 10.2 Å². The zero-order chi connectivity index (χ0) is 19.8. The van der Waals surface area contributed by atoms with Crippen LogP contribution in [0.2, 0.25) is 0 Å². The molecule has 0 aromatic rings. The number of carbonyl (C=O) groups is 2. The Morgan fingerprint density at radius 2 is 2.04 bits per heavy atom. The Morgan fingerprint density at radius 1 is 1.33 bits per heavy atom. The van der Waals surface area contributed by atoms with Gasteiger partial charge in [-0.15, -0.1) is 0 Å². The van der Waals surface area contributed by atoms with Crippen molar-refractivity contribution < 1.29 is 24.2 Å². The smallest absolute Gasteiger partial charge is 0.195 e. The highest BCUT2D eigenvalue weighted by Crippen LogP contribution is 2.68. The van der Waals surface area contributed by atoms with Gasteiger partial charge in [-0.3, -0.25) is 9.59 Å². The summed E-state index contributed by atoms with van der Waals surface area (Å²) in [5.41, 5.74) is -1.53. The number of allylic oxidation sites excluding steroid dienone is 1. The van der Waals surface area contributed by atoms with Gasteiger partial charge in [-0.2, -0.15) is 0 Å². The summed E-state index contributed by atoms with van der Waals surface area (Å²) < 4.78 is 13.2. The SMILES string of the molecule is C[C@H]1C[C@@H]2[C@H]([C@H](O)C[C@]3(C)[C@@H]2CC[C@]3(O)C(=O)CF)[C@]2(C)CCC(=O)C=C12. The third-order valence-corrected chi connectivity index (χ3v) is 8.95. The van der Waals surface area contributed by atoms with Gasteiger partial charge in [-0.25, -0.2) is 4.39 Å². The number of hydrogen-bond acceptors (Lipinski definition) is 4. The summed E-state index contributed by atoms with van der Waals surface area (Å²) in [5.74, 6) is -0.0475. The lowest BCUT2D eigenvalue weighted by atomic mass is 9.44. The van der Waals surface area contributed by atoms with E-state index in [9.17, 15) is 24.2 Å². The number of Topliss-reactive ketones (excluding diaryl/α,β-unsaturated/α-hetero) is 1. The monoisotopic (exact) mass is 378 g/mol. The van der Waals surface area contributed by atoms with Crippen LogP contribution < -0.4 is 0 Å². The molecule has 4 rings (SSSR count). The Labute approximate surface area is 160 Å². The van der Waals surface area contributed by atoms with Gasteiger partial charge in [-0.1, -0.05) is 26.3 Å². The third kappa shape index (κ3) is 2.33. The van der Waals surface area contributed by atoms with Crippen LogP contribution in [0.1, 0.15) is 59.3 Å². The van der Waals surface area contributed by atoms with E-state index in [1.54, 1.807) is 0 Å². The second-order valence-corrected chi connectivity index (χ2v) is 10.1. The van der Waals surface area contributed by atoms with Gasteiger partial charge in [-0.05, 0) is 67.3 Å². The number of hydrogen-bond donors (Lipinski definition) is 2. The van der Waals surface area contributed by atoms with Crippen LogP contribution in [0, 0.1) is 34.5 Å². The maximum absolute atomic E-state index is 13.2. The third-order valence-electron chi connectivity index (χ3n) is 8.95. The van der Waals surface area contributed by atoms with Crippen LogP contribution in [0.25, 0.3) is 0 Å². The molecule has 150 valence electrons. The summed E-state index contributed by atoms with van der Waals surface area (Å²) in [5, 5.41) is 22.4. The highest BCUT2D eigenvalue weighted by atomic mass is 19.1. The number of carbonyl (C=O) groups excluding carboxylic acids is 2. The van der Waals surface area contributed by atoms with Crippen molar-refractivity contribution in [2.45, 2.75) is 71.0 Å². The molecule has 2 N–H and O–H groups in total. The van der Waals surface area contributed by atoms with Crippen LogP contribution in [0.5, 0.6) is 0 Å². The highest BCUT2D eigenvalue weighted by Gasteiger charge is 2.68. The largest absolute Gasteiger partial charge is 0.393 e. The number of fused-ring (bicyclic) bond motifs is 5. The fourth-order valence-electron chi connectivity index (χ4n) is 7.69. The molecule has 0 bridgehead atoms. The van der Waals surface area contributed by atoms with Crippen molar-refractivity contribution in [3.63, 3.8) is 0 Å². The van der Waals surface area contributed by atoms with Crippen molar-refractivity contribution in [1.82, 2.24) is 0 Å². The summed E-state index contributed by atoms with van der Waals surface area (Å²) in [4.78, 5) is 24.3. The zero-order valence-electron chi connectivity index (χ0n) is 16.5. The molecule has 0 spiro atoms. The molecule has 0 aliphatic heterocycles. The number of aliphatic hydroxyl groups is 2. The number of alkyl halides is 1. The minimum atomic E-state index is -1.68. The molecule has 3 fully saturated rings.